The van der Waals surface area contributed by atoms with Crippen LogP contribution in [0.1, 0.15) is 17.7 Å². The van der Waals surface area contributed by atoms with Gasteiger partial charge in [-0.3, -0.25) is 4.98 Å². The molecule has 0 amide bonds. The molecule has 1 nitrogen and oxygen atoms in total. The Bertz CT molecular complexity index is 277. The molecule has 1 aromatic rings. The fourth-order valence-corrected chi connectivity index (χ4v) is 1.35. The third kappa shape index (κ3) is 1.77. The van der Waals surface area contributed by atoms with Crippen molar-refractivity contribution >= 4 is 15.9 Å². The van der Waals surface area contributed by atoms with Crippen molar-refractivity contribution in [3.8, 4) is 0 Å². The van der Waals surface area contributed by atoms with Crippen LogP contribution in [0.15, 0.2) is 16.7 Å². The Hall–Kier alpha value is -0.580. The number of hydrogen-bond donors (Lipinski definition) is 0. The van der Waals surface area contributed by atoms with E-state index in [1.54, 1.807) is 0 Å². The number of pyridine rings is 1. The monoisotopic (exact) mass is 239 g/mol. The first-order valence-electron chi connectivity index (χ1n) is 3.14. The zero-order valence-corrected chi connectivity index (χ0v) is 7.48. The van der Waals surface area contributed by atoms with E-state index in [1.165, 1.54) is 12.3 Å². The van der Waals surface area contributed by atoms with Gasteiger partial charge in [-0.05, 0) is 6.07 Å². The predicted molar refractivity (Wildman–Crippen MR) is 41.7 cm³/mol. The summed E-state index contributed by atoms with van der Waals surface area (Å²) in [6.07, 6.45) is -1.41. The smallest absolute Gasteiger partial charge is 0.258 e. The summed E-state index contributed by atoms with van der Waals surface area (Å²) in [7, 11) is 0. The van der Waals surface area contributed by atoms with Crippen molar-refractivity contribution in [3.63, 3.8) is 0 Å². The first-order chi connectivity index (χ1) is 5.66. The van der Waals surface area contributed by atoms with Crippen LogP contribution in [0.4, 0.5) is 13.2 Å². The molecule has 0 saturated heterocycles. The Labute approximate surface area is 75.7 Å². The highest BCUT2D eigenvalue weighted by Gasteiger charge is 2.17. The molecule has 66 valence electrons. The van der Waals surface area contributed by atoms with Gasteiger partial charge in [0.25, 0.3) is 6.43 Å². The Morgan fingerprint density at radius 3 is 2.58 bits per heavy atom. The number of halogens is 4. The van der Waals surface area contributed by atoms with Crippen molar-refractivity contribution in [2.24, 2.45) is 0 Å². The van der Waals surface area contributed by atoms with Gasteiger partial charge in [-0.2, -0.15) is 0 Å². The molecule has 0 radical (unpaired) electrons. The van der Waals surface area contributed by atoms with Crippen molar-refractivity contribution in [1.82, 2.24) is 4.98 Å². The number of alkyl halides is 3. The van der Waals surface area contributed by atoms with Crippen molar-refractivity contribution in [3.05, 3.63) is 28.0 Å². The Kier molecular flexibility index (Phi) is 3.08. The van der Waals surface area contributed by atoms with Crippen LogP contribution in [0.5, 0.6) is 0 Å². The number of aromatic nitrogens is 1. The van der Waals surface area contributed by atoms with Gasteiger partial charge >= 0.3 is 0 Å². The highest BCUT2D eigenvalue weighted by molar-refractivity contribution is 9.10. The SMILES string of the molecule is FCc1nccc(Br)c1C(F)F. The average molecular weight is 240 g/mol. The Morgan fingerprint density at radius 2 is 2.17 bits per heavy atom. The second kappa shape index (κ2) is 3.89. The minimum absolute atomic E-state index is 0.195. The molecule has 12 heavy (non-hydrogen) atoms. The quantitative estimate of drug-likeness (QED) is 0.773. The lowest BCUT2D eigenvalue weighted by Crippen LogP contribution is -1.97. The minimum atomic E-state index is -2.70. The first kappa shape index (κ1) is 9.51. The summed E-state index contributed by atoms with van der Waals surface area (Å²) >= 11 is 2.90. The fourth-order valence-electron chi connectivity index (χ4n) is 0.827. The van der Waals surface area contributed by atoms with E-state index in [0.717, 1.165) is 0 Å². The maximum absolute atomic E-state index is 12.2. The molecule has 0 aliphatic heterocycles. The number of hydrogen-bond acceptors (Lipinski definition) is 1. The van der Waals surface area contributed by atoms with Crippen molar-refractivity contribution in [2.75, 3.05) is 0 Å². The first-order valence-corrected chi connectivity index (χ1v) is 3.93. The summed E-state index contributed by atoms with van der Waals surface area (Å²) in [5.41, 5.74) is -0.570. The van der Waals surface area contributed by atoms with Crippen LogP contribution in [-0.2, 0) is 6.67 Å². The maximum Gasteiger partial charge on any atom is 0.266 e. The third-order valence-electron chi connectivity index (χ3n) is 1.36. The molecule has 1 rings (SSSR count). The van der Waals surface area contributed by atoms with Gasteiger partial charge in [0, 0.05) is 10.7 Å². The fraction of sp³-hybridized carbons (Fsp3) is 0.286. The molecule has 5 heteroatoms. The van der Waals surface area contributed by atoms with Gasteiger partial charge < -0.3 is 0 Å². The van der Waals surface area contributed by atoms with Gasteiger partial charge in [-0.1, -0.05) is 15.9 Å². The predicted octanol–water partition coefficient (Wildman–Crippen LogP) is 3.25. The van der Waals surface area contributed by atoms with Crippen LogP contribution in [-0.4, -0.2) is 4.98 Å². The highest BCUT2D eigenvalue weighted by Crippen LogP contribution is 2.29. The third-order valence-corrected chi connectivity index (χ3v) is 2.06. The summed E-state index contributed by atoms with van der Waals surface area (Å²) in [6.45, 7) is -0.973. The van der Waals surface area contributed by atoms with E-state index in [-0.39, 0.29) is 15.7 Å². The number of nitrogens with zero attached hydrogens (tertiary/aromatic N) is 1. The van der Waals surface area contributed by atoms with Crippen LogP contribution in [0.25, 0.3) is 0 Å². The molecule has 0 aliphatic carbocycles. The van der Waals surface area contributed by atoms with Gasteiger partial charge in [0.2, 0.25) is 0 Å². The van der Waals surface area contributed by atoms with Crippen LogP contribution >= 0.6 is 15.9 Å². The zero-order valence-electron chi connectivity index (χ0n) is 5.90. The molecule has 0 N–H and O–H groups in total. The molecule has 1 heterocycles. The summed E-state index contributed by atoms with van der Waals surface area (Å²) < 4.78 is 36.8. The van der Waals surface area contributed by atoms with E-state index < -0.39 is 13.1 Å². The van der Waals surface area contributed by atoms with E-state index in [1.807, 2.05) is 0 Å². The molecule has 1 aromatic heterocycles. The Morgan fingerprint density at radius 1 is 1.50 bits per heavy atom. The maximum atomic E-state index is 12.2. The largest absolute Gasteiger partial charge is 0.266 e. The second-order valence-electron chi connectivity index (χ2n) is 2.09. The standard InChI is InChI=1S/C7H5BrF3N/c8-4-1-2-12-5(3-9)6(4)7(10)11/h1-2,7H,3H2. The molecular weight excluding hydrogens is 235 g/mol. The van der Waals surface area contributed by atoms with Crippen LogP contribution in [0, 0.1) is 0 Å². The normalized spacial score (nSPS) is 10.8. The van der Waals surface area contributed by atoms with Crippen LogP contribution in [0.2, 0.25) is 0 Å². The van der Waals surface area contributed by atoms with Gasteiger partial charge in [0.05, 0.1) is 11.3 Å². The van der Waals surface area contributed by atoms with Crippen molar-refractivity contribution in [1.29, 1.82) is 0 Å². The highest BCUT2D eigenvalue weighted by atomic mass is 79.9. The van der Waals surface area contributed by atoms with Gasteiger partial charge in [0.15, 0.2) is 0 Å². The lowest BCUT2D eigenvalue weighted by atomic mass is 10.2. The summed E-state index contributed by atoms with van der Waals surface area (Å²) in [6, 6.07) is 1.36. The molecule has 0 atom stereocenters. The minimum Gasteiger partial charge on any atom is -0.258 e. The Balaban J connectivity index is 3.20. The van der Waals surface area contributed by atoms with Crippen molar-refractivity contribution in [2.45, 2.75) is 13.1 Å². The molecule has 0 aromatic carbocycles. The molecular formula is C7H5BrF3N. The lowest BCUT2D eigenvalue weighted by molar-refractivity contribution is 0.147. The van der Waals surface area contributed by atoms with E-state index >= 15 is 0 Å². The van der Waals surface area contributed by atoms with Gasteiger partial charge in [-0.15, -0.1) is 0 Å². The molecule has 0 fully saturated rings. The van der Waals surface area contributed by atoms with Crippen molar-refractivity contribution < 1.29 is 13.2 Å². The molecule has 0 aliphatic rings. The molecule has 0 unspecified atom stereocenters. The summed E-state index contributed by atoms with van der Waals surface area (Å²) in [4.78, 5) is 3.49. The second-order valence-corrected chi connectivity index (χ2v) is 2.94. The van der Waals surface area contributed by atoms with Gasteiger partial charge in [-0.25, -0.2) is 13.2 Å². The number of rotatable bonds is 2. The van der Waals surface area contributed by atoms with E-state index in [9.17, 15) is 13.2 Å². The van der Waals surface area contributed by atoms with E-state index in [4.69, 9.17) is 0 Å². The molecule has 0 bridgehead atoms. The lowest BCUT2D eigenvalue weighted by Gasteiger charge is -2.05. The summed E-state index contributed by atoms with van der Waals surface area (Å²) in [5.74, 6) is 0. The van der Waals surface area contributed by atoms with E-state index in [0.29, 0.717) is 0 Å². The van der Waals surface area contributed by atoms with Crippen LogP contribution in [0.3, 0.4) is 0 Å². The molecule has 0 saturated carbocycles. The zero-order chi connectivity index (χ0) is 9.14. The summed E-state index contributed by atoms with van der Waals surface area (Å²) in [5, 5.41) is 0. The molecule has 0 spiro atoms. The van der Waals surface area contributed by atoms with Gasteiger partial charge in [0.1, 0.15) is 6.67 Å². The van der Waals surface area contributed by atoms with E-state index in [2.05, 4.69) is 20.9 Å². The van der Waals surface area contributed by atoms with Crippen LogP contribution < -0.4 is 0 Å². The average Bonchev–Trinajstić information content (AvgIpc) is 2.03. The topological polar surface area (TPSA) is 12.9 Å².